The smallest absolute Gasteiger partial charge is 0.238 e. The maximum atomic E-state index is 10.4. The number of nitrogens with zero attached hydrogens (tertiary/aromatic N) is 2. The highest BCUT2D eigenvalue weighted by Crippen LogP contribution is 2.32. The molecule has 1 unspecified atom stereocenters. The van der Waals surface area contributed by atoms with Crippen molar-refractivity contribution < 1.29 is 14.3 Å². The van der Waals surface area contributed by atoms with Crippen LogP contribution in [0.15, 0.2) is 35.4 Å². The first-order chi connectivity index (χ1) is 7.66. The number of furan rings is 1. The van der Waals surface area contributed by atoms with E-state index in [2.05, 4.69) is 9.97 Å². The number of hydrogen-bond donors (Lipinski definition) is 1. The highest BCUT2D eigenvalue weighted by molar-refractivity contribution is 5.33. The van der Waals surface area contributed by atoms with Crippen molar-refractivity contribution in [3.05, 3.63) is 42.2 Å². The number of methoxy groups -OCH3 is 1. The minimum atomic E-state index is -1.29. The molecule has 0 aliphatic rings. The molecule has 0 aliphatic carbocycles. The molecule has 0 aromatic carbocycles. The summed E-state index contributed by atoms with van der Waals surface area (Å²) in [6.45, 7) is 1.62. The molecule has 0 spiro atoms. The molecule has 5 heteroatoms. The molecule has 84 valence electrons. The molecule has 0 fully saturated rings. The van der Waals surface area contributed by atoms with Gasteiger partial charge in [0.05, 0.1) is 19.6 Å². The summed E-state index contributed by atoms with van der Waals surface area (Å²) in [4.78, 5) is 8.10. The molecule has 0 saturated carbocycles. The van der Waals surface area contributed by atoms with E-state index >= 15 is 0 Å². The van der Waals surface area contributed by atoms with Gasteiger partial charge in [0, 0.05) is 18.0 Å². The average molecular weight is 220 g/mol. The first kappa shape index (κ1) is 10.6. The summed E-state index contributed by atoms with van der Waals surface area (Å²) in [6, 6.07) is 1.67. The maximum Gasteiger partial charge on any atom is 0.238 e. The van der Waals surface area contributed by atoms with Gasteiger partial charge in [0.15, 0.2) is 0 Å². The van der Waals surface area contributed by atoms with E-state index in [4.69, 9.17) is 9.15 Å². The number of hydrogen-bond acceptors (Lipinski definition) is 5. The van der Waals surface area contributed by atoms with Crippen molar-refractivity contribution in [3.63, 3.8) is 0 Å². The van der Waals surface area contributed by atoms with Crippen LogP contribution >= 0.6 is 0 Å². The third kappa shape index (κ3) is 1.65. The van der Waals surface area contributed by atoms with Crippen molar-refractivity contribution in [2.24, 2.45) is 0 Å². The molecule has 2 rings (SSSR count). The van der Waals surface area contributed by atoms with E-state index in [0.717, 1.165) is 0 Å². The van der Waals surface area contributed by atoms with Crippen molar-refractivity contribution in [1.82, 2.24) is 9.97 Å². The Morgan fingerprint density at radius 1 is 1.38 bits per heavy atom. The summed E-state index contributed by atoms with van der Waals surface area (Å²) < 4.78 is 10.0. The van der Waals surface area contributed by atoms with Gasteiger partial charge >= 0.3 is 0 Å². The fourth-order valence-corrected chi connectivity index (χ4v) is 1.49. The summed E-state index contributed by atoms with van der Waals surface area (Å²) in [5.41, 5.74) is -0.322. The standard InChI is InChI=1S/C11H12N2O3/c1-11(14,8-3-6-16-7-8)9-10(15-2)13-5-4-12-9/h3-7,14H,1-2H3. The third-order valence-corrected chi connectivity index (χ3v) is 2.40. The van der Waals surface area contributed by atoms with Crippen LogP contribution in [0.1, 0.15) is 18.2 Å². The number of aromatic nitrogens is 2. The largest absolute Gasteiger partial charge is 0.480 e. The molecule has 1 atom stereocenters. The first-order valence-corrected chi connectivity index (χ1v) is 4.77. The molecule has 2 aromatic rings. The predicted octanol–water partition coefficient (Wildman–Crippen LogP) is 1.33. The molecule has 0 radical (unpaired) electrons. The zero-order valence-corrected chi connectivity index (χ0v) is 9.04. The highest BCUT2D eigenvalue weighted by atomic mass is 16.5. The van der Waals surface area contributed by atoms with E-state index < -0.39 is 5.60 Å². The summed E-state index contributed by atoms with van der Waals surface area (Å²) in [6.07, 6.45) is 5.97. The fraction of sp³-hybridized carbons (Fsp3) is 0.273. The van der Waals surface area contributed by atoms with Crippen LogP contribution in [0.4, 0.5) is 0 Å². The van der Waals surface area contributed by atoms with E-state index in [1.165, 1.54) is 32.0 Å². The molecule has 1 N–H and O–H groups in total. The average Bonchev–Trinajstić information content (AvgIpc) is 2.83. The van der Waals surface area contributed by atoms with Gasteiger partial charge in [0.25, 0.3) is 0 Å². The third-order valence-electron chi connectivity index (χ3n) is 2.40. The molecular formula is C11H12N2O3. The fourth-order valence-electron chi connectivity index (χ4n) is 1.49. The van der Waals surface area contributed by atoms with Crippen LogP contribution in [0.25, 0.3) is 0 Å². The van der Waals surface area contributed by atoms with Crippen LogP contribution < -0.4 is 4.74 Å². The Bertz CT molecular complexity index is 466. The maximum absolute atomic E-state index is 10.4. The molecule has 0 aliphatic heterocycles. The summed E-state index contributed by atoms with van der Waals surface area (Å²) in [5, 5.41) is 10.4. The number of rotatable bonds is 3. The SMILES string of the molecule is COc1nccnc1C(C)(O)c1ccoc1. The van der Waals surface area contributed by atoms with Gasteiger partial charge in [-0.15, -0.1) is 0 Å². The van der Waals surface area contributed by atoms with Crippen LogP contribution in [-0.4, -0.2) is 22.2 Å². The lowest BCUT2D eigenvalue weighted by Gasteiger charge is -2.22. The zero-order chi connectivity index (χ0) is 11.6. The highest BCUT2D eigenvalue weighted by Gasteiger charge is 2.32. The van der Waals surface area contributed by atoms with Gasteiger partial charge < -0.3 is 14.3 Å². The van der Waals surface area contributed by atoms with E-state index in [9.17, 15) is 5.11 Å². The minimum absolute atomic E-state index is 0.300. The van der Waals surface area contributed by atoms with Crippen LogP contribution in [0, 0.1) is 0 Å². The zero-order valence-electron chi connectivity index (χ0n) is 9.04. The van der Waals surface area contributed by atoms with Crippen molar-refractivity contribution in [2.75, 3.05) is 7.11 Å². The van der Waals surface area contributed by atoms with Crippen LogP contribution in [0.5, 0.6) is 5.88 Å². The molecular weight excluding hydrogens is 208 g/mol. The van der Waals surface area contributed by atoms with Crippen LogP contribution in [0.3, 0.4) is 0 Å². The minimum Gasteiger partial charge on any atom is -0.480 e. The van der Waals surface area contributed by atoms with Gasteiger partial charge in [-0.25, -0.2) is 4.98 Å². The first-order valence-electron chi connectivity index (χ1n) is 4.77. The Hall–Kier alpha value is -1.88. The Morgan fingerprint density at radius 3 is 2.75 bits per heavy atom. The molecule has 0 bridgehead atoms. The second kappa shape index (κ2) is 3.94. The van der Waals surface area contributed by atoms with Crippen molar-refractivity contribution in [2.45, 2.75) is 12.5 Å². The molecule has 0 saturated heterocycles. The second-order valence-electron chi connectivity index (χ2n) is 3.50. The molecule has 2 heterocycles. The quantitative estimate of drug-likeness (QED) is 0.845. The monoisotopic (exact) mass is 220 g/mol. The van der Waals surface area contributed by atoms with Crippen LogP contribution in [0.2, 0.25) is 0 Å². The van der Waals surface area contributed by atoms with E-state index in [0.29, 0.717) is 17.1 Å². The molecule has 0 amide bonds. The van der Waals surface area contributed by atoms with Gasteiger partial charge in [-0.3, -0.25) is 4.98 Å². The Labute approximate surface area is 92.7 Å². The lowest BCUT2D eigenvalue weighted by molar-refractivity contribution is 0.0923. The predicted molar refractivity (Wildman–Crippen MR) is 56.0 cm³/mol. The van der Waals surface area contributed by atoms with Gasteiger partial charge in [-0.1, -0.05) is 0 Å². The van der Waals surface area contributed by atoms with Gasteiger partial charge in [-0.05, 0) is 13.0 Å². The van der Waals surface area contributed by atoms with Crippen molar-refractivity contribution >= 4 is 0 Å². The van der Waals surface area contributed by atoms with Crippen molar-refractivity contribution in [1.29, 1.82) is 0 Å². The molecule has 5 nitrogen and oxygen atoms in total. The topological polar surface area (TPSA) is 68.4 Å². The Morgan fingerprint density at radius 2 is 2.12 bits per heavy atom. The van der Waals surface area contributed by atoms with E-state index in [1.807, 2.05) is 0 Å². The second-order valence-corrected chi connectivity index (χ2v) is 3.50. The molecule has 16 heavy (non-hydrogen) atoms. The summed E-state index contributed by atoms with van der Waals surface area (Å²) in [5.74, 6) is 0.300. The number of aliphatic hydroxyl groups is 1. The van der Waals surface area contributed by atoms with Gasteiger partial charge in [-0.2, -0.15) is 0 Å². The van der Waals surface area contributed by atoms with E-state index in [-0.39, 0.29) is 0 Å². The Balaban J connectivity index is 2.51. The summed E-state index contributed by atoms with van der Waals surface area (Å²) >= 11 is 0. The number of ether oxygens (including phenoxy) is 1. The summed E-state index contributed by atoms with van der Waals surface area (Å²) in [7, 11) is 1.49. The molecule has 2 aromatic heterocycles. The Kier molecular flexibility index (Phi) is 2.62. The lowest BCUT2D eigenvalue weighted by atomic mass is 9.95. The van der Waals surface area contributed by atoms with Crippen LogP contribution in [-0.2, 0) is 5.60 Å². The van der Waals surface area contributed by atoms with Gasteiger partial charge in [0.1, 0.15) is 11.3 Å². The lowest BCUT2D eigenvalue weighted by Crippen LogP contribution is -2.24. The van der Waals surface area contributed by atoms with Gasteiger partial charge in [0.2, 0.25) is 5.88 Å². The van der Waals surface area contributed by atoms with Crippen molar-refractivity contribution in [3.8, 4) is 5.88 Å². The van der Waals surface area contributed by atoms with E-state index in [1.54, 1.807) is 13.0 Å². The normalized spacial score (nSPS) is 14.4.